The highest BCUT2D eigenvalue weighted by Gasteiger charge is 2.21. The van der Waals surface area contributed by atoms with Crippen LogP contribution in [0.4, 0.5) is 4.79 Å². The predicted octanol–water partition coefficient (Wildman–Crippen LogP) is 1.51. The first kappa shape index (κ1) is 12.3. The number of ether oxygens (including phenoxy) is 1. The van der Waals surface area contributed by atoms with Crippen molar-refractivity contribution in [3.63, 3.8) is 0 Å². The summed E-state index contributed by atoms with van der Waals surface area (Å²) in [7, 11) is 0. The standard InChI is InChI=1S/C11H22N2O2/c1-8(2)15-11(14)13-9(3)10-5-4-6-12-7-10/h8-10,12H,4-7H2,1-3H3,(H,13,14). The molecule has 0 spiro atoms. The first-order valence-corrected chi connectivity index (χ1v) is 5.77. The van der Waals surface area contributed by atoms with Gasteiger partial charge in [-0.25, -0.2) is 4.79 Å². The minimum Gasteiger partial charge on any atom is -0.447 e. The lowest BCUT2D eigenvalue weighted by atomic mass is 9.93. The minimum atomic E-state index is -0.303. The van der Waals surface area contributed by atoms with Crippen LogP contribution in [0.3, 0.4) is 0 Å². The van der Waals surface area contributed by atoms with Gasteiger partial charge in [0.25, 0.3) is 0 Å². The normalized spacial score (nSPS) is 23.6. The molecule has 1 aliphatic rings. The van der Waals surface area contributed by atoms with Gasteiger partial charge in [-0.15, -0.1) is 0 Å². The first-order chi connectivity index (χ1) is 7.09. The number of hydrogen-bond acceptors (Lipinski definition) is 3. The molecular formula is C11H22N2O2. The molecule has 4 nitrogen and oxygen atoms in total. The molecule has 1 fully saturated rings. The summed E-state index contributed by atoms with van der Waals surface area (Å²) in [5.41, 5.74) is 0. The highest BCUT2D eigenvalue weighted by Crippen LogP contribution is 2.14. The van der Waals surface area contributed by atoms with Crippen molar-refractivity contribution >= 4 is 6.09 Å². The van der Waals surface area contributed by atoms with Crippen molar-refractivity contribution in [2.75, 3.05) is 13.1 Å². The van der Waals surface area contributed by atoms with Crippen LogP contribution >= 0.6 is 0 Å². The topological polar surface area (TPSA) is 50.4 Å². The zero-order valence-electron chi connectivity index (χ0n) is 9.88. The Balaban J connectivity index is 2.27. The number of hydrogen-bond donors (Lipinski definition) is 2. The van der Waals surface area contributed by atoms with Gasteiger partial charge in [0, 0.05) is 6.04 Å². The van der Waals surface area contributed by atoms with Gasteiger partial charge >= 0.3 is 6.09 Å². The maximum atomic E-state index is 11.4. The van der Waals surface area contributed by atoms with E-state index in [0.29, 0.717) is 5.92 Å². The van der Waals surface area contributed by atoms with Gasteiger partial charge in [-0.3, -0.25) is 0 Å². The average molecular weight is 214 g/mol. The van der Waals surface area contributed by atoms with E-state index in [-0.39, 0.29) is 18.2 Å². The van der Waals surface area contributed by atoms with Crippen molar-refractivity contribution in [3.8, 4) is 0 Å². The van der Waals surface area contributed by atoms with Crippen LogP contribution in [0.25, 0.3) is 0 Å². The summed E-state index contributed by atoms with van der Waals surface area (Å²) in [4.78, 5) is 11.4. The Morgan fingerprint density at radius 2 is 2.20 bits per heavy atom. The van der Waals surface area contributed by atoms with Gasteiger partial charge in [0.1, 0.15) is 0 Å². The van der Waals surface area contributed by atoms with Crippen LogP contribution < -0.4 is 10.6 Å². The molecule has 2 unspecified atom stereocenters. The van der Waals surface area contributed by atoms with Crippen LogP contribution in [0.2, 0.25) is 0 Å². The highest BCUT2D eigenvalue weighted by atomic mass is 16.6. The Kier molecular flexibility index (Phi) is 4.88. The Morgan fingerprint density at radius 1 is 1.47 bits per heavy atom. The Bertz CT molecular complexity index is 201. The molecule has 2 N–H and O–H groups in total. The quantitative estimate of drug-likeness (QED) is 0.748. The van der Waals surface area contributed by atoms with Crippen molar-refractivity contribution in [3.05, 3.63) is 0 Å². The minimum absolute atomic E-state index is 0.0540. The van der Waals surface area contributed by atoms with E-state index >= 15 is 0 Å². The first-order valence-electron chi connectivity index (χ1n) is 5.77. The van der Waals surface area contributed by atoms with Crippen LogP contribution in [0.5, 0.6) is 0 Å². The molecular weight excluding hydrogens is 192 g/mol. The molecule has 0 aliphatic carbocycles. The molecule has 1 rings (SSSR count). The third-order valence-electron chi connectivity index (χ3n) is 2.73. The summed E-state index contributed by atoms with van der Waals surface area (Å²) in [5, 5.41) is 6.22. The van der Waals surface area contributed by atoms with E-state index in [1.165, 1.54) is 12.8 Å². The van der Waals surface area contributed by atoms with Crippen LogP contribution in [0.15, 0.2) is 0 Å². The highest BCUT2D eigenvalue weighted by molar-refractivity contribution is 5.67. The third kappa shape index (κ3) is 4.51. The fourth-order valence-corrected chi connectivity index (χ4v) is 1.86. The molecule has 4 heteroatoms. The maximum Gasteiger partial charge on any atom is 0.407 e. The number of amides is 1. The number of piperidine rings is 1. The molecule has 0 radical (unpaired) electrons. The van der Waals surface area contributed by atoms with E-state index in [1.54, 1.807) is 0 Å². The third-order valence-corrected chi connectivity index (χ3v) is 2.73. The van der Waals surface area contributed by atoms with Gasteiger partial charge in [0.05, 0.1) is 6.10 Å². The van der Waals surface area contributed by atoms with Crippen LogP contribution in [-0.4, -0.2) is 31.3 Å². The van der Waals surface area contributed by atoms with Crippen molar-refractivity contribution in [1.29, 1.82) is 0 Å². The molecule has 0 aromatic rings. The van der Waals surface area contributed by atoms with Crippen molar-refractivity contribution in [2.24, 2.45) is 5.92 Å². The molecule has 1 saturated heterocycles. The summed E-state index contributed by atoms with van der Waals surface area (Å²) in [6, 6.07) is 0.184. The Hall–Kier alpha value is -0.770. The summed E-state index contributed by atoms with van der Waals surface area (Å²) in [6.45, 7) is 7.83. The van der Waals surface area contributed by atoms with E-state index in [1.807, 2.05) is 20.8 Å². The molecule has 0 bridgehead atoms. The van der Waals surface area contributed by atoms with Gasteiger partial charge in [-0.2, -0.15) is 0 Å². The average Bonchev–Trinajstić information content (AvgIpc) is 2.17. The second-order valence-corrected chi connectivity index (χ2v) is 4.49. The van der Waals surface area contributed by atoms with Crippen LogP contribution in [0, 0.1) is 5.92 Å². The lowest BCUT2D eigenvalue weighted by Crippen LogP contribution is -2.45. The van der Waals surface area contributed by atoms with Gasteiger partial charge in [0.2, 0.25) is 0 Å². The molecule has 2 atom stereocenters. The molecule has 88 valence electrons. The zero-order chi connectivity index (χ0) is 11.3. The summed E-state index contributed by atoms with van der Waals surface area (Å²) >= 11 is 0. The molecule has 1 aliphatic heterocycles. The lowest BCUT2D eigenvalue weighted by Gasteiger charge is -2.28. The zero-order valence-corrected chi connectivity index (χ0v) is 9.88. The molecule has 1 heterocycles. The van der Waals surface area contributed by atoms with Gasteiger partial charge < -0.3 is 15.4 Å². The van der Waals surface area contributed by atoms with E-state index < -0.39 is 0 Å². The molecule has 0 aromatic carbocycles. The Labute approximate surface area is 91.8 Å². The monoisotopic (exact) mass is 214 g/mol. The summed E-state index contributed by atoms with van der Waals surface area (Å²) in [6.07, 6.45) is 2.01. The molecule has 0 aromatic heterocycles. The van der Waals surface area contributed by atoms with E-state index in [4.69, 9.17) is 4.74 Å². The van der Waals surface area contributed by atoms with Crippen molar-refractivity contribution < 1.29 is 9.53 Å². The largest absolute Gasteiger partial charge is 0.447 e. The predicted molar refractivity (Wildman–Crippen MR) is 59.8 cm³/mol. The van der Waals surface area contributed by atoms with E-state index in [0.717, 1.165) is 13.1 Å². The van der Waals surface area contributed by atoms with E-state index in [2.05, 4.69) is 10.6 Å². The SMILES string of the molecule is CC(C)OC(=O)NC(C)C1CCCNC1. The van der Waals surface area contributed by atoms with Crippen molar-refractivity contribution in [1.82, 2.24) is 10.6 Å². The number of carbonyl (C=O) groups excluding carboxylic acids is 1. The van der Waals surface area contributed by atoms with Crippen LogP contribution in [0.1, 0.15) is 33.6 Å². The fourth-order valence-electron chi connectivity index (χ4n) is 1.86. The Morgan fingerprint density at radius 3 is 2.73 bits per heavy atom. The fraction of sp³-hybridized carbons (Fsp3) is 0.909. The van der Waals surface area contributed by atoms with Crippen molar-refractivity contribution in [2.45, 2.75) is 45.8 Å². The van der Waals surface area contributed by atoms with Gasteiger partial charge in [-0.05, 0) is 52.6 Å². The number of rotatable bonds is 3. The smallest absolute Gasteiger partial charge is 0.407 e. The molecule has 1 amide bonds. The second kappa shape index (κ2) is 5.95. The molecule has 0 saturated carbocycles. The van der Waals surface area contributed by atoms with Gasteiger partial charge in [-0.1, -0.05) is 0 Å². The van der Waals surface area contributed by atoms with Crippen LogP contribution in [-0.2, 0) is 4.74 Å². The lowest BCUT2D eigenvalue weighted by molar-refractivity contribution is 0.108. The maximum absolute atomic E-state index is 11.4. The van der Waals surface area contributed by atoms with E-state index in [9.17, 15) is 4.79 Å². The number of nitrogens with one attached hydrogen (secondary N) is 2. The van der Waals surface area contributed by atoms with Gasteiger partial charge in [0.15, 0.2) is 0 Å². The summed E-state index contributed by atoms with van der Waals surface area (Å²) in [5.74, 6) is 0.526. The number of alkyl carbamates (subject to hydrolysis) is 1. The molecule has 15 heavy (non-hydrogen) atoms. The summed E-state index contributed by atoms with van der Waals surface area (Å²) < 4.78 is 5.04. The number of carbonyl (C=O) groups is 1. The second-order valence-electron chi connectivity index (χ2n) is 4.49.